The molecule has 0 aromatic carbocycles. The number of nitrogens with zero attached hydrogens (tertiary/aromatic N) is 4. The zero-order chi connectivity index (χ0) is 12.4. The molecule has 2 heterocycles. The summed E-state index contributed by atoms with van der Waals surface area (Å²) in [7, 11) is 0. The van der Waals surface area contributed by atoms with Crippen molar-refractivity contribution in [3.05, 3.63) is 46.2 Å². The van der Waals surface area contributed by atoms with Crippen molar-refractivity contribution in [2.45, 2.75) is 20.3 Å². The van der Waals surface area contributed by atoms with Crippen LogP contribution in [0.15, 0.2) is 24.7 Å². The average Bonchev–Trinajstić information content (AvgIpc) is 2.76. The number of aryl methyl sites for hydroxylation is 2. The summed E-state index contributed by atoms with van der Waals surface area (Å²) in [5, 5.41) is 10.7. The van der Waals surface area contributed by atoms with Gasteiger partial charge in [-0.3, -0.25) is 14.7 Å². The van der Waals surface area contributed by atoms with Crippen LogP contribution in [-0.4, -0.2) is 19.5 Å². The van der Waals surface area contributed by atoms with Gasteiger partial charge in [-0.1, -0.05) is 6.92 Å². The van der Waals surface area contributed by atoms with Gasteiger partial charge in [0.2, 0.25) is 0 Å². The highest BCUT2D eigenvalue weighted by molar-refractivity contribution is 5.42. The number of aromatic nitrogens is 3. The molecule has 0 aliphatic heterocycles. The third-order valence-corrected chi connectivity index (χ3v) is 2.55. The fraction of sp³-hybridized carbons (Fsp3) is 0.273. The SMILES string of the molecule is CCc1nccn1-c1cc(C)c([N+](=O)[O-])cn1. The van der Waals surface area contributed by atoms with E-state index in [2.05, 4.69) is 9.97 Å². The summed E-state index contributed by atoms with van der Waals surface area (Å²) in [6.45, 7) is 3.70. The molecule has 2 aromatic heterocycles. The first-order chi connectivity index (χ1) is 8.13. The van der Waals surface area contributed by atoms with Crippen molar-refractivity contribution in [3.63, 3.8) is 0 Å². The molecule has 0 radical (unpaired) electrons. The Bertz CT molecular complexity index is 562. The molecule has 6 nitrogen and oxygen atoms in total. The topological polar surface area (TPSA) is 73.8 Å². The van der Waals surface area contributed by atoms with Gasteiger partial charge in [-0.25, -0.2) is 9.97 Å². The van der Waals surface area contributed by atoms with Gasteiger partial charge in [-0.05, 0) is 13.0 Å². The van der Waals surface area contributed by atoms with Crippen LogP contribution in [-0.2, 0) is 6.42 Å². The molecule has 0 saturated carbocycles. The molecule has 88 valence electrons. The van der Waals surface area contributed by atoms with Crippen LogP contribution < -0.4 is 0 Å². The second-order valence-electron chi connectivity index (χ2n) is 3.65. The Kier molecular flexibility index (Phi) is 2.86. The molecule has 0 bridgehead atoms. The molecule has 0 amide bonds. The van der Waals surface area contributed by atoms with Crippen molar-refractivity contribution in [1.82, 2.24) is 14.5 Å². The fourth-order valence-electron chi connectivity index (χ4n) is 1.66. The van der Waals surface area contributed by atoms with Gasteiger partial charge >= 0.3 is 0 Å². The lowest BCUT2D eigenvalue weighted by Crippen LogP contribution is -2.03. The van der Waals surface area contributed by atoms with Gasteiger partial charge in [0.1, 0.15) is 17.8 Å². The monoisotopic (exact) mass is 232 g/mol. The van der Waals surface area contributed by atoms with E-state index in [1.165, 1.54) is 6.20 Å². The van der Waals surface area contributed by atoms with E-state index in [-0.39, 0.29) is 5.69 Å². The number of rotatable bonds is 3. The first-order valence-electron chi connectivity index (χ1n) is 5.27. The maximum atomic E-state index is 10.7. The minimum Gasteiger partial charge on any atom is -0.288 e. The molecule has 0 fully saturated rings. The summed E-state index contributed by atoms with van der Waals surface area (Å²) < 4.78 is 1.83. The Morgan fingerprint density at radius 2 is 2.24 bits per heavy atom. The molecule has 0 aliphatic carbocycles. The zero-order valence-electron chi connectivity index (χ0n) is 9.62. The molecule has 0 unspecified atom stereocenters. The average molecular weight is 232 g/mol. The Hall–Kier alpha value is -2.24. The van der Waals surface area contributed by atoms with Crippen molar-refractivity contribution < 1.29 is 4.92 Å². The van der Waals surface area contributed by atoms with E-state index in [0.717, 1.165) is 12.2 Å². The minimum atomic E-state index is -0.430. The van der Waals surface area contributed by atoms with E-state index in [1.807, 2.05) is 11.5 Å². The van der Waals surface area contributed by atoms with Crippen LogP contribution in [0.1, 0.15) is 18.3 Å². The predicted octanol–water partition coefficient (Wildman–Crippen LogP) is 2.05. The van der Waals surface area contributed by atoms with Crippen molar-refractivity contribution in [1.29, 1.82) is 0 Å². The van der Waals surface area contributed by atoms with E-state index in [4.69, 9.17) is 0 Å². The summed E-state index contributed by atoms with van der Waals surface area (Å²) in [5.74, 6) is 1.54. The summed E-state index contributed by atoms with van der Waals surface area (Å²) in [4.78, 5) is 18.5. The van der Waals surface area contributed by atoms with E-state index in [1.54, 1.807) is 25.4 Å². The highest BCUT2D eigenvalue weighted by atomic mass is 16.6. The highest BCUT2D eigenvalue weighted by Gasteiger charge is 2.13. The third-order valence-electron chi connectivity index (χ3n) is 2.55. The Morgan fingerprint density at radius 3 is 2.82 bits per heavy atom. The summed E-state index contributed by atoms with van der Waals surface area (Å²) in [5.41, 5.74) is 0.627. The van der Waals surface area contributed by atoms with Gasteiger partial charge in [0, 0.05) is 24.4 Å². The molecule has 0 spiro atoms. The van der Waals surface area contributed by atoms with Gasteiger partial charge < -0.3 is 0 Å². The second-order valence-corrected chi connectivity index (χ2v) is 3.65. The largest absolute Gasteiger partial charge is 0.290 e. The smallest absolute Gasteiger partial charge is 0.288 e. The van der Waals surface area contributed by atoms with Crippen LogP contribution in [0.2, 0.25) is 0 Å². The van der Waals surface area contributed by atoms with Crippen LogP contribution in [0.5, 0.6) is 0 Å². The van der Waals surface area contributed by atoms with Crippen LogP contribution in [0.3, 0.4) is 0 Å². The molecular weight excluding hydrogens is 220 g/mol. The standard InChI is InChI=1S/C11H12N4O2/c1-3-10-12-4-5-14(10)11-6-8(2)9(7-13-11)15(16)17/h4-7H,3H2,1-2H3. The Balaban J connectivity index is 2.48. The first-order valence-corrected chi connectivity index (χ1v) is 5.27. The molecule has 6 heteroatoms. The number of imidazole rings is 1. The first kappa shape index (κ1) is 11.3. The molecule has 0 aliphatic rings. The zero-order valence-corrected chi connectivity index (χ0v) is 9.62. The Labute approximate surface area is 98.1 Å². The molecule has 2 aromatic rings. The second kappa shape index (κ2) is 4.32. The molecule has 17 heavy (non-hydrogen) atoms. The van der Waals surface area contributed by atoms with Crippen molar-refractivity contribution >= 4 is 5.69 Å². The summed E-state index contributed by atoms with van der Waals surface area (Å²) in [6, 6.07) is 1.69. The number of pyridine rings is 1. The van der Waals surface area contributed by atoms with Crippen LogP contribution >= 0.6 is 0 Å². The molecular formula is C11H12N4O2. The normalized spacial score (nSPS) is 10.5. The van der Waals surface area contributed by atoms with Crippen molar-refractivity contribution in [2.24, 2.45) is 0 Å². The van der Waals surface area contributed by atoms with Crippen LogP contribution in [0, 0.1) is 17.0 Å². The Morgan fingerprint density at radius 1 is 1.47 bits per heavy atom. The summed E-state index contributed by atoms with van der Waals surface area (Å²) >= 11 is 0. The van der Waals surface area contributed by atoms with Gasteiger partial charge in [0.25, 0.3) is 5.69 Å². The van der Waals surface area contributed by atoms with E-state index >= 15 is 0 Å². The van der Waals surface area contributed by atoms with E-state index < -0.39 is 4.92 Å². The third kappa shape index (κ3) is 2.01. The number of nitro groups is 1. The van der Waals surface area contributed by atoms with Gasteiger partial charge in [0.15, 0.2) is 0 Å². The van der Waals surface area contributed by atoms with Gasteiger partial charge in [0.05, 0.1) is 4.92 Å². The maximum Gasteiger partial charge on any atom is 0.290 e. The lowest BCUT2D eigenvalue weighted by Gasteiger charge is -2.06. The predicted molar refractivity (Wildman–Crippen MR) is 62.1 cm³/mol. The van der Waals surface area contributed by atoms with Gasteiger partial charge in [-0.2, -0.15) is 0 Å². The van der Waals surface area contributed by atoms with Crippen molar-refractivity contribution in [3.8, 4) is 5.82 Å². The van der Waals surface area contributed by atoms with E-state index in [0.29, 0.717) is 11.4 Å². The maximum absolute atomic E-state index is 10.7. The minimum absolute atomic E-state index is 0.0342. The lowest BCUT2D eigenvalue weighted by atomic mass is 10.2. The van der Waals surface area contributed by atoms with Gasteiger partial charge in [-0.15, -0.1) is 0 Å². The summed E-state index contributed by atoms with van der Waals surface area (Å²) in [6.07, 6.45) is 5.55. The van der Waals surface area contributed by atoms with Crippen LogP contribution in [0.25, 0.3) is 5.82 Å². The van der Waals surface area contributed by atoms with E-state index in [9.17, 15) is 10.1 Å². The highest BCUT2D eigenvalue weighted by Crippen LogP contribution is 2.19. The fourth-order valence-corrected chi connectivity index (χ4v) is 1.66. The number of hydrogen-bond donors (Lipinski definition) is 0. The molecule has 0 saturated heterocycles. The molecule has 0 N–H and O–H groups in total. The lowest BCUT2D eigenvalue weighted by molar-refractivity contribution is -0.385. The number of hydrogen-bond acceptors (Lipinski definition) is 4. The quantitative estimate of drug-likeness (QED) is 0.599. The van der Waals surface area contributed by atoms with Crippen LogP contribution in [0.4, 0.5) is 5.69 Å². The van der Waals surface area contributed by atoms with Crippen molar-refractivity contribution in [2.75, 3.05) is 0 Å². The molecule has 0 atom stereocenters. The molecule has 2 rings (SSSR count).